The van der Waals surface area contributed by atoms with Crippen molar-refractivity contribution in [1.82, 2.24) is 20.4 Å². The Labute approximate surface area is 190 Å². The molecule has 0 bridgehead atoms. The van der Waals surface area contributed by atoms with E-state index in [-0.39, 0.29) is 22.9 Å². The highest BCUT2D eigenvalue weighted by atomic mass is 32.2. The highest BCUT2D eigenvalue weighted by Gasteiger charge is 2.19. The van der Waals surface area contributed by atoms with Crippen molar-refractivity contribution in [2.45, 2.75) is 24.7 Å². The highest BCUT2D eigenvalue weighted by molar-refractivity contribution is 8.01. The number of rotatable bonds is 8. The number of amides is 1. The first kappa shape index (κ1) is 21.8. The summed E-state index contributed by atoms with van der Waals surface area (Å²) in [5, 5.41) is 22.0. The number of methoxy groups -OCH3 is 1. The van der Waals surface area contributed by atoms with Crippen molar-refractivity contribution in [3.05, 3.63) is 51.6 Å². The Balaban J connectivity index is 1.33. The van der Waals surface area contributed by atoms with Gasteiger partial charge in [-0.25, -0.2) is 5.10 Å². The number of fused-ring (bicyclic) bond motifs is 1. The average Bonchev–Trinajstić information content (AvgIpc) is 3.38. The fourth-order valence-corrected chi connectivity index (χ4v) is 4.63. The first-order valence-corrected chi connectivity index (χ1v) is 11.4. The largest absolute Gasteiger partial charge is 0.497 e. The molecule has 10 nitrogen and oxygen atoms in total. The fourth-order valence-electron chi connectivity index (χ4n) is 3.08. The van der Waals surface area contributed by atoms with Gasteiger partial charge in [-0.15, -0.1) is 10.2 Å². The summed E-state index contributed by atoms with van der Waals surface area (Å²) >= 11 is 2.61. The van der Waals surface area contributed by atoms with Crippen LogP contribution in [0.1, 0.15) is 17.0 Å². The Hall–Kier alpha value is -3.38. The number of carbonyl (C=O) groups is 1. The molecule has 0 aliphatic carbocycles. The van der Waals surface area contributed by atoms with E-state index in [1.54, 1.807) is 21.0 Å². The molecule has 0 saturated heterocycles. The summed E-state index contributed by atoms with van der Waals surface area (Å²) in [5.41, 5.74) is 1.29. The van der Waals surface area contributed by atoms with Gasteiger partial charge in [-0.2, -0.15) is 5.10 Å². The molecule has 3 heterocycles. The lowest BCUT2D eigenvalue weighted by atomic mass is 10.2. The van der Waals surface area contributed by atoms with E-state index >= 15 is 0 Å². The number of aromatic nitrogens is 4. The van der Waals surface area contributed by atoms with Gasteiger partial charge >= 0.3 is 0 Å². The number of nitrogens with one attached hydrogen (secondary N) is 3. The quantitative estimate of drug-likeness (QED) is 0.330. The lowest BCUT2D eigenvalue weighted by molar-refractivity contribution is -0.113. The molecular weight excluding hydrogens is 452 g/mol. The maximum atomic E-state index is 12.4. The lowest BCUT2D eigenvalue weighted by Crippen LogP contribution is -2.16. The molecule has 0 unspecified atom stereocenters. The summed E-state index contributed by atoms with van der Waals surface area (Å²) in [6.45, 7) is 4.08. The van der Waals surface area contributed by atoms with Crippen LogP contribution < -0.4 is 20.9 Å². The number of H-pyrrole nitrogens is 1. The molecule has 0 spiro atoms. The van der Waals surface area contributed by atoms with E-state index in [4.69, 9.17) is 9.15 Å². The second-order valence-corrected chi connectivity index (χ2v) is 8.99. The second-order valence-electron chi connectivity index (χ2n) is 6.79. The second kappa shape index (κ2) is 9.40. The summed E-state index contributed by atoms with van der Waals surface area (Å²) in [7, 11) is 1.63. The van der Waals surface area contributed by atoms with Crippen molar-refractivity contribution in [3.8, 4) is 5.75 Å². The minimum Gasteiger partial charge on any atom is -0.497 e. The van der Waals surface area contributed by atoms with Crippen molar-refractivity contribution >= 4 is 50.8 Å². The topological polar surface area (TPSA) is 135 Å². The Morgan fingerprint density at radius 2 is 2.00 bits per heavy atom. The number of nitrogens with zero attached hydrogens (tertiary/aromatic N) is 3. The summed E-state index contributed by atoms with van der Waals surface area (Å²) in [5.74, 6) is 1.22. The molecule has 166 valence electrons. The van der Waals surface area contributed by atoms with Gasteiger partial charge in [-0.05, 0) is 31.5 Å². The lowest BCUT2D eigenvalue weighted by Gasteiger charge is -2.03. The first-order chi connectivity index (χ1) is 15.4. The number of aromatic amines is 1. The van der Waals surface area contributed by atoms with Crippen molar-refractivity contribution < 1.29 is 13.9 Å². The Morgan fingerprint density at radius 1 is 1.22 bits per heavy atom. The summed E-state index contributed by atoms with van der Waals surface area (Å²) in [4.78, 5) is 24.6. The number of hydrogen-bond donors (Lipinski definition) is 3. The summed E-state index contributed by atoms with van der Waals surface area (Å²) in [6.07, 6.45) is 0. The molecule has 4 aromatic rings. The van der Waals surface area contributed by atoms with Crippen LogP contribution in [0.4, 0.5) is 11.0 Å². The average molecular weight is 473 g/mol. The smallest absolute Gasteiger partial charge is 0.277 e. The van der Waals surface area contributed by atoms with Crippen LogP contribution in [0, 0.1) is 13.8 Å². The third kappa shape index (κ3) is 4.75. The zero-order chi connectivity index (χ0) is 22.7. The fraction of sp³-hybridized carbons (Fsp3) is 0.250. The molecule has 3 aromatic heterocycles. The van der Waals surface area contributed by atoms with Gasteiger partial charge in [0.15, 0.2) is 4.34 Å². The number of benzene rings is 1. The third-order valence-corrected chi connectivity index (χ3v) is 6.60. The van der Waals surface area contributed by atoms with Gasteiger partial charge in [0.05, 0.1) is 23.9 Å². The maximum absolute atomic E-state index is 12.4. The normalized spacial score (nSPS) is 11.0. The van der Waals surface area contributed by atoms with Crippen LogP contribution in [-0.4, -0.2) is 39.2 Å². The number of thioether (sulfide) groups is 1. The molecule has 0 aliphatic heterocycles. The van der Waals surface area contributed by atoms with Crippen molar-refractivity contribution in [3.63, 3.8) is 0 Å². The molecular formula is C20H20N6O4S2. The molecule has 1 aromatic carbocycles. The van der Waals surface area contributed by atoms with Gasteiger partial charge in [0.25, 0.3) is 5.56 Å². The number of aryl methyl sites for hydroxylation is 2. The van der Waals surface area contributed by atoms with E-state index in [9.17, 15) is 9.59 Å². The molecule has 1 amide bonds. The minimum atomic E-state index is -0.415. The molecule has 0 saturated carbocycles. The van der Waals surface area contributed by atoms with E-state index in [0.29, 0.717) is 32.9 Å². The minimum absolute atomic E-state index is 0.0936. The molecule has 0 atom stereocenters. The van der Waals surface area contributed by atoms with Crippen LogP contribution in [0.15, 0.2) is 37.8 Å². The molecule has 4 rings (SSSR count). The first-order valence-electron chi connectivity index (χ1n) is 9.56. The number of hydrogen-bond acceptors (Lipinski definition) is 10. The van der Waals surface area contributed by atoms with Crippen LogP contribution in [0.25, 0.3) is 10.8 Å². The standard InChI is InChI=1S/C20H20N6O4S2/c1-10-15-11(2)30-18(16(15)17(28)24-23-10)22-14(27)9-31-20-26-25-19(32-20)21-8-12-4-6-13(29-3)7-5-12/h4-7H,8-9H2,1-3H3,(H,21,25)(H,22,27)(H,24,28). The van der Waals surface area contributed by atoms with Crippen LogP contribution in [0.2, 0.25) is 0 Å². The summed E-state index contributed by atoms with van der Waals surface area (Å²) < 4.78 is 11.4. The van der Waals surface area contributed by atoms with E-state index in [0.717, 1.165) is 11.3 Å². The predicted molar refractivity (Wildman–Crippen MR) is 124 cm³/mol. The van der Waals surface area contributed by atoms with Gasteiger partial charge in [-0.3, -0.25) is 14.9 Å². The number of ether oxygens (including phenoxy) is 1. The van der Waals surface area contributed by atoms with Gasteiger partial charge in [0.1, 0.15) is 16.9 Å². The van der Waals surface area contributed by atoms with Gasteiger partial charge in [0.2, 0.25) is 16.9 Å². The van der Waals surface area contributed by atoms with Gasteiger partial charge in [-0.1, -0.05) is 35.2 Å². The zero-order valence-electron chi connectivity index (χ0n) is 17.5. The van der Waals surface area contributed by atoms with Crippen molar-refractivity contribution in [2.24, 2.45) is 0 Å². The van der Waals surface area contributed by atoms with Crippen LogP contribution >= 0.6 is 23.1 Å². The molecule has 32 heavy (non-hydrogen) atoms. The van der Waals surface area contributed by atoms with E-state index in [1.807, 2.05) is 24.3 Å². The van der Waals surface area contributed by atoms with Crippen molar-refractivity contribution in [1.29, 1.82) is 0 Å². The molecule has 3 N–H and O–H groups in total. The monoisotopic (exact) mass is 472 g/mol. The summed E-state index contributed by atoms with van der Waals surface area (Å²) in [6, 6.07) is 7.73. The number of carbonyl (C=O) groups excluding carboxylic acids is 1. The maximum Gasteiger partial charge on any atom is 0.277 e. The van der Waals surface area contributed by atoms with Crippen LogP contribution in [-0.2, 0) is 11.3 Å². The highest BCUT2D eigenvalue weighted by Crippen LogP contribution is 2.29. The third-order valence-electron chi connectivity index (χ3n) is 4.59. The van der Waals surface area contributed by atoms with E-state index in [1.165, 1.54) is 23.1 Å². The molecule has 0 fully saturated rings. The Bertz CT molecular complexity index is 1310. The van der Waals surface area contributed by atoms with E-state index in [2.05, 4.69) is 31.0 Å². The molecule has 0 aliphatic rings. The van der Waals surface area contributed by atoms with Crippen molar-refractivity contribution in [2.75, 3.05) is 23.5 Å². The molecule has 12 heteroatoms. The number of anilines is 2. The van der Waals surface area contributed by atoms with E-state index < -0.39 is 5.56 Å². The zero-order valence-corrected chi connectivity index (χ0v) is 19.1. The van der Waals surface area contributed by atoms with Crippen LogP contribution in [0.3, 0.4) is 0 Å². The SMILES string of the molecule is COc1ccc(CNc2nnc(SCC(=O)Nc3oc(C)c4c(C)n[nH]c(=O)c34)s2)cc1. The van der Waals surface area contributed by atoms with Gasteiger partial charge < -0.3 is 14.5 Å². The predicted octanol–water partition coefficient (Wildman–Crippen LogP) is 3.34. The van der Waals surface area contributed by atoms with Gasteiger partial charge in [0, 0.05) is 6.54 Å². The number of furan rings is 1. The molecule has 0 radical (unpaired) electrons. The Morgan fingerprint density at radius 3 is 2.75 bits per heavy atom. The van der Waals surface area contributed by atoms with Crippen LogP contribution in [0.5, 0.6) is 5.75 Å². The Kier molecular flexibility index (Phi) is 6.42.